The van der Waals surface area contributed by atoms with Crippen molar-refractivity contribution in [1.82, 2.24) is 0 Å². The second-order valence-corrected chi connectivity index (χ2v) is 13.1. The molecule has 0 spiro atoms. The van der Waals surface area contributed by atoms with E-state index in [1.54, 1.807) is 0 Å². The van der Waals surface area contributed by atoms with Crippen molar-refractivity contribution in [2.45, 2.75) is 12.8 Å². The fraction of sp³-hybridized carbons (Fsp3) is 0.0811. The molecule has 5 heteroatoms. The minimum absolute atomic E-state index is 0.984. The third kappa shape index (κ3) is 4.52. The molecule has 0 bridgehead atoms. The second-order valence-electron chi connectivity index (χ2n) is 10.4. The zero-order valence-electron chi connectivity index (χ0n) is 23.7. The highest BCUT2D eigenvalue weighted by Gasteiger charge is 2.49. The average molecular weight is 567 g/mol. The molecule has 0 amide bonds. The quantitative estimate of drug-likeness (QED) is 0.211. The van der Waals surface area contributed by atoms with Crippen LogP contribution in [-0.2, 0) is 0 Å². The summed E-state index contributed by atoms with van der Waals surface area (Å²) in [5, 5.41) is 3.78. The van der Waals surface area contributed by atoms with Crippen LogP contribution in [-0.4, -0.2) is 6.26 Å². The molecule has 1 N–H and O–H groups in total. The molecule has 5 aromatic carbocycles. The van der Waals surface area contributed by atoms with E-state index >= 15 is 0 Å². The molecule has 1 heterocycles. The van der Waals surface area contributed by atoms with Crippen LogP contribution in [0.5, 0.6) is 0 Å². The third-order valence-electron chi connectivity index (χ3n) is 7.73. The Morgan fingerprint density at radius 3 is 1.55 bits per heavy atom. The summed E-state index contributed by atoms with van der Waals surface area (Å²) in [7, 11) is -2.02. The fourth-order valence-corrected chi connectivity index (χ4v) is 9.62. The summed E-state index contributed by atoms with van der Waals surface area (Å²) < 4.78 is 7.73. The molecule has 208 valence electrons. The summed E-state index contributed by atoms with van der Waals surface area (Å²) in [5.74, 6) is 0. The lowest BCUT2D eigenvalue weighted by molar-refractivity contribution is 0.980. The monoisotopic (exact) mass is 566 g/mol. The minimum atomic E-state index is -2.02. The van der Waals surface area contributed by atoms with Gasteiger partial charge in [-0.1, -0.05) is 97.1 Å². The molecule has 0 radical (unpaired) electrons. The molecule has 0 unspecified atom stereocenters. The Bertz CT molecular complexity index is 1650. The highest BCUT2D eigenvalue weighted by molar-refractivity contribution is 8.37. The predicted octanol–water partition coefficient (Wildman–Crippen LogP) is 10.3. The Hall–Kier alpha value is -4.87. The number of hydrogen-bond acceptors (Lipinski definition) is 4. The molecule has 0 aromatic heterocycles. The van der Waals surface area contributed by atoms with E-state index in [-0.39, 0.29) is 0 Å². The van der Waals surface area contributed by atoms with Gasteiger partial charge in [-0.2, -0.15) is 0 Å². The largest absolute Gasteiger partial charge is 0.354 e. The standard InChI is InChI=1S/C37H34N4S/c1-42(39(31-20-8-3-9-21-31)35-27-15-14-26-34(35)38-30-18-6-2-7-19-30)40(32-22-10-4-11-23-32)36-28-16-17-29-37(36)41(42)33-24-12-5-13-25-33/h2-13,16-29,38H,14-15H2,1H3. The molecule has 1 aliphatic carbocycles. The summed E-state index contributed by atoms with van der Waals surface area (Å²) >= 11 is 0. The first-order valence-electron chi connectivity index (χ1n) is 14.4. The van der Waals surface area contributed by atoms with Crippen molar-refractivity contribution in [2.75, 3.05) is 24.5 Å². The Labute approximate surface area is 250 Å². The summed E-state index contributed by atoms with van der Waals surface area (Å²) in [6, 6.07) is 51.8. The lowest BCUT2D eigenvalue weighted by Crippen LogP contribution is -2.43. The van der Waals surface area contributed by atoms with Crippen molar-refractivity contribution in [3.8, 4) is 0 Å². The van der Waals surface area contributed by atoms with Gasteiger partial charge in [0, 0.05) is 22.5 Å². The molecule has 0 saturated heterocycles. The number of anilines is 6. The number of nitrogens with zero attached hydrogens (tertiary/aromatic N) is 3. The zero-order valence-corrected chi connectivity index (χ0v) is 24.5. The molecular weight excluding hydrogens is 533 g/mol. The summed E-state index contributed by atoms with van der Waals surface area (Å²) in [6.45, 7) is 0. The van der Waals surface area contributed by atoms with E-state index in [0.717, 1.165) is 29.9 Å². The number of hydrogen-bond donors (Lipinski definition) is 1. The van der Waals surface area contributed by atoms with Crippen LogP contribution in [0.2, 0.25) is 0 Å². The van der Waals surface area contributed by atoms with Crippen molar-refractivity contribution >= 4 is 44.7 Å². The first-order chi connectivity index (χ1) is 20.7. The summed E-state index contributed by atoms with van der Waals surface area (Å²) in [6.07, 6.45) is 9.17. The first kappa shape index (κ1) is 26.1. The lowest BCUT2D eigenvalue weighted by atomic mass is 10.1. The normalized spacial score (nSPS) is 16.2. The van der Waals surface area contributed by atoms with E-state index in [4.69, 9.17) is 0 Å². The van der Waals surface area contributed by atoms with Crippen LogP contribution < -0.4 is 18.2 Å². The Morgan fingerprint density at radius 2 is 1.00 bits per heavy atom. The van der Waals surface area contributed by atoms with Crippen LogP contribution >= 0.6 is 10.6 Å². The number of allylic oxidation sites excluding steroid dienone is 2. The Kier molecular flexibility index (Phi) is 6.94. The topological polar surface area (TPSA) is 21.8 Å². The van der Waals surface area contributed by atoms with Gasteiger partial charge in [0.05, 0.1) is 39.8 Å². The van der Waals surface area contributed by atoms with Crippen LogP contribution in [0.1, 0.15) is 12.8 Å². The predicted molar refractivity (Wildman–Crippen MR) is 182 cm³/mol. The number of fused-ring (bicyclic) bond motifs is 1. The van der Waals surface area contributed by atoms with Crippen molar-refractivity contribution in [1.29, 1.82) is 0 Å². The average Bonchev–Trinajstić information content (AvgIpc) is 3.32. The molecular formula is C37H34N4S. The van der Waals surface area contributed by atoms with E-state index in [1.165, 1.54) is 28.4 Å². The van der Waals surface area contributed by atoms with Gasteiger partial charge < -0.3 is 5.32 Å². The van der Waals surface area contributed by atoms with E-state index in [9.17, 15) is 0 Å². The van der Waals surface area contributed by atoms with Crippen molar-refractivity contribution in [2.24, 2.45) is 0 Å². The molecule has 7 rings (SSSR count). The fourth-order valence-electron chi connectivity index (χ4n) is 5.96. The lowest BCUT2D eigenvalue weighted by Gasteiger charge is -2.56. The van der Waals surface area contributed by atoms with Crippen LogP contribution in [0.25, 0.3) is 0 Å². The molecule has 4 nitrogen and oxygen atoms in total. The second kappa shape index (κ2) is 11.2. The van der Waals surface area contributed by atoms with Gasteiger partial charge in [-0.05, 0) is 73.5 Å². The third-order valence-corrected chi connectivity index (χ3v) is 11.0. The van der Waals surface area contributed by atoms with Crippen molar-refractivity contribution in [3.63, 3.8) is 0 Å². The van der Waals surface area contributed by atoms with E-state index in [1.807, 2.05) is 0 Å². The molecule has 42 heavy (non-hydrogen) atoms. The van der Waals surface area contributed by atoms with E-state index in [2.05, 4.69) is 182 Å². The zero-order chi connectivity index (χ0) is 28.4. The van der Waals surface area contributed by atoms with Gasteiger partial charge >= 0.3 is 0 Å². The van der Waals surface area contributed by atoms with Gasteiger partial charge in [-0.25, -0.2) is 0 Å². The number of nitrogens with one attached hydrogen (secondary N) is 1. The molecule has 0 saturated carbocycles. The maximum absolute atomic E-state index is 3.78. The van der Waals surface area contributed by atoms with E-state index < -0.39 is 10.6 Å². The number of rotatable bonds is 7. The van der Waals surface area contributed by atoms with Crippen molar-refractivity contribution in [3.05, 3.63) is 169 Å². The van der Waals surface area contributed by atoms with Gasteiger partial charge in [-0.15, -0.1) is 0 Å². The molecule has 0 atom stereocenters. The van der Waals surface area contributed by atoms with Gasteiger partial charge in [0.15, 0.2) is 0 Å². The van der Waals surface area contributed by atoms with Gasteiger partial charge in [0.2, 0.25) is 0 Å². The molecule has 0 fully saturated rings. The molecule has 1 aliphatic heterocycles. The van der Waals surface area contributed by atoms with Gasteiger partial charge in [0.1, 0.15) is 0 Å². The van der Waals surface area contributed by atoms with Crippen molar-refractivity contribution < 1.29 is 0 Å². The molecule has 5 aromatic rings. The maximum Gasteiger partial charge on any atom is 0.0787 e. The Morgan fingerprint density at radius 1 is 0.548 bits per heavy atom. The summed E-state index contributed by atoms with van der Waals surface area (Å²) in [5.41, 5.74) is 9.27. The maximum atomic E-state index is 3.78. The van der Waals surface area contributed by atoms with Crippen LogP contribution in [0.15, 0.2) is 169 Å². The number of para-hydroxylation sites is 6. The van der Waals surface area contributed by atoms with E-state index in [0.29, 0.717) is 0 Å². The van der Waals surface area contributed by atoms with Crippen LogP contribution in [0.4, 0.5) is 34.1 Å². The van der Waals surface area contributed by atoms with Gasteiger partial charge in [0.25, 0.3) is 0 Å². The smallest absolute Gasteiger partial charge is 0.0787 e. The number of benzene rings is 5. The summed E-state index contributed by atoms with van der Waals surface area (Å²) in [4.78, 5) is 0. The van der Waals surface area contributed by atoms with Gasteiger partial charge in [-0.3, -0.25) is 12.9 Å². The minimum Gasteiger partial charge on any atom is -0.354 e. The highest BCUT2D eigenvalue weighted by atomic mass is 32.3. The SMILES string of the molecule is CS1(N(C2=CCCC=C2Nc2ccccc2)c2ccccc2)N(c2ccccc2)c2ccccc2N1c1ccccc1. The molecule has 2 aliphatic rings. The van der Waals surface area contributed by atoms with Crippen LogP contribution in [0.3, 0.4) is 0 Å². The Balaban J connectivity index is 1.49. The highest BCUT2D eigenvalue weighted by Crippen LogP contribution is 2.72. The van der Waals surface area contributed by atoms with Crippen LogP contribution in [0, 0.1) is 0 Å². The first-order valence-corrected chi connectivity index (χ1v) is 16.3.